The Morgan fingerprint density at radius 3 is 2.53 bits per heavy atom. The summed E-state index contributed by atoms with van der Waals surface area (Å²) >= 11 is 0. The molecule has 0 radical (unpaired) electrons. The molecule has 98 valence electrons. The average Bonchev–Trinajstić information content (AvgIpc) is 2.41. The molecule has 5 nitrogen and oxygen atoms in total. The summed E-state index contributed by atoms with van der Waals surface area (Å²) in [6.45, 7) is 2.74. The molecule has 0 aliphatic heterocycles. The van der Waals surface area contributed by atoms with E-state index in [9.17, 15) is 10.1 Å². The predicted octanol–water partition coefficient (Wildman–Crippen LogP) is 2.95. The second kappa shape index (κ2) is 5.95. The molecular formula is C14H15N3O2. The van der Waals surface area contributed by atoms with Crippen LogP contribution in [0, 0.1) is 17.0 Å². The molecule has 0 amide bonds. The van der Waals surface area contributed by atoms with Crippen LogP contribution in [0.2, 0.25) is 0 Å². The Morgan fingerprint density at radius 1 is 1.21 bits per heavy atom. The molecule has 1 N–H and O–H groups in total. The van der Waals surface area contributed by atoms with Gasteiger partial charge in [-0.25, -0.2) is 4.98 Å². The molecule has 1 aromatic carbocycles. The predicted molar refractivity (Wildman–Crippen MR) is 74.3 cm³/mol. The van der Waals surface area contributed by atoms with Gasteiger partial charge in [0.25, 0.3) is 5.69 Å². The van der Waals surface area contributed by atoms with Crippen LogP contribution in [-0.2, 0) is 6.42 Å². The Kier molecular flexibility index (Phi) is 4.07. The highest BCUT2D eigenvalue weighted by Gasteiger charge is 2.03. The summed E-state index contributed by atoms with van der Waals surface area (Å²) in [6, 6.07) is 10.6. The van der Waals surface area contributed by atoms with E-state index in [4.69, 9.17) is 0 Å². The van der Waals surface area contributed by atoms with E-state index in [0.29, 0.717) is 0 Å². The number of hydrogen-bond acceptors (Lipinski definition) is 4. The number of nitro groups is 1. The molecule has 1 aromatic heterocycles. The molecule has 5 heteroatoms. The van der Waals surface area contributed by atoms with Gasteiger partial charge in [-0.3, -0.25) is 10.1 Å². The van der Waals surface area contributed by atoms with Crippen LogP contribution in [0.1, 0.15) is 11.1 Å². The molecule has 0 saturated carbocycles. The first-order valence-corrected chi connectivity index (χ1v) is 6.05. The van der Waals surface area contributed by atoms with Gasteiger partial charge in [0, 0.05) is 24.9 Å². The molecule has 0 aliphatic rings. The number of hydrogen-bond donors (Lipinski definition) is 1. The number of benzene rings is 1. The number of rotatable bonds is 5. The van der Waals surface area contributed by atoms with Gasteiger partial charge in [-0.05, 0) is 30.5 Å². The van der Waals surface area contributed by atoms with Crippen molar-refractivity contribution >= 4 is 11.5 Å². The van der Waals surface area contributed by atoms with Crippen LogP contribution in [-0.4, -0.2) is 16.5 Å². The SMILES string of the molecule is Cc1ccc(NCCc2ccc([N+](=O)[O-])cc2)nc1. The number of pyridine rings is 1. The maximum Gasteiger partial charge on any atom is 0.269 e. The minimum absolute atomic E-state index is 0.122. The minimum Gasteiger partial charge on any atom is -0.370 e. The molecule has 0 bridgehead atoms. The van der Waals surface area contributed by atoms with Gasteiger partial charge in [0.1, 0.15) is 5.82 Å². The molecule has 0 unspecified atom stereocenters. The molecule has 1 heterocycles. The topological polar surface area (TPSA) is 68.1 Å². The van der Waals surface area contributed by atoms with Crippen LogP contribution in [0.15, 0.2) is 42.6 Å². The summed E-state index contributed by atoms with van der Waals surface area (Å²) in [4.78, 5) is 14.4. The van der Waals surface area contributed by atoms with Crippen molar-refractivity contribution in [3.8, 4) is 0 Å². The first kappa shape index (κ1) is 13.0. The van der Waals surface area contributed by atoms with Gasteiger partial charge in [-0.15, -0.1) is 0 Å². The second-order valence-electron chi connectivity index (χ2n) is 4.32. The van der Waals surface area contributed by atoms with Crippen molar-refractivity contribution in [2.75, 3.05) is 11.9 Å². The Morgan fingerprint density at radius 2 is 1.95 bits per heavy atom. The highest BCUT2D eigenvalue weighted by Crippen LogP contribution is 2.12. The van der Waals surface area contributed by atoms with Crippen LogP contribution in [0.4, 0.5) is 11.5 Å². The molecule has 19 heavy (non-hydrogen) atoms. The fourth-order valence-electron chi connectivity index (χ4n) is 1.69. The van der Waals surface area contributed by atoms with Crippen molar-refractivity contribution in [3.05, 3.63) is 63.8 Å². The van der Waals surface area contributed by atoms with E-state index < -0.39 is 4.92 Å². The molecule has 0 aliphatic carbocycles. The van der Waals surface area contributed by atoms with Crippen LogP contribution >= 0.6 is 0 Å². The smallest absolute Gasteiger partial charge is 0.269 e. The van der Waals surface area contributed by atoms with Gasteiger partial charge in [0.2, 0.25) is 0 Å². The maximum absolute atomic E-state index is 10.5. The van der Waals surface area contributed by atoms with Gasteiger partial charge in [-0.1, -0.05) is 18.2 Å². The Bertz CT molecular complexity index is 550. The zero-order chi connectivity index (χ0) is 13.7. The molecular weight excluding hydrogens is 242 g/mol. The van der Waals surface area contributed by atoms with Crippen molar-refractivity contribution in [2.24, 2.45) is 0 Å². The fraction of sp³-hybridized carbons (Fsp3) is 0.214. The highest BCUT2D eigenvalue weighted by atomic mass is 16.6. The summed E-state index contributed by atoms with van der Waals surface area (Å²) in [6.07, 6.45) is 2.61. The third-order valence-electron chi connectivity index (χ3n) is 2.78. The molecule has 0 fully saturated rings. The largest absolute Gasteiger partial charge is 0.370 e. The quantitative estimate of drug-likeness (QED) is 0.660. The number of nitrogens with one attached hydrogen (secondary N) is 1. The Hall–Kier alpha value is -2.43. The fourth-order valence-corrected chi connectivity index (χ4v) is 1.69. The summed E-state index contributed by atoms with van der Waals surface area (Å²) in [5, 5.41) is 13.7. The van der Waals surface area contributed by atoms with Crippen molar-refractivity contribution in [2.45, 2.75) is 13.3 Å². The Balaban J connectivity index is 1.85. The summed E-state index contributed by atoms with van der Waals surface area (Å²) < 4.78 is 0. The molecule has 2 aromatic rings. The summed E-state index contributed by atoms with van der Waals surface area (Å²) in [7, 11) is 0. The lowest BCUT2D eigenvalue weighted by molar-refractivity contribution is -0.384. The molecule has 0 spiro atoms. The van der Waals surface area contributed by atoms with Gasteiger partial charge in [0.05, 0.1) is 4.92 Å². The molecule has 0 saturated heterocycles. The number of nitrogens with zero attached hydrogens (tertiary/aromatic N) is 2. The zero-order valence-corrected chi connectivity index (χ0v) is 10.7. The number of aromatic nitrogens is 1. The lowest BCUT2D eigenvalue weighted by Crippen LogP contribution is -2.06. The molecule has 2 rings (SSSR count). The molecule has 0 atom stereocenters. The van der Waals surface area contributed by atoms with Crippen molar-refractivity contribution in [1.82, 2.24) is 4.98 Å². The number of non-ortho nitro benzene ring substituents is 1. The van der Waals surface area contributed by atoms with Crippen molar-refractivity contribution < 1.29 is 4.92 Å². The summed E-state index contributed by atoms with van der Waals surface area (Å²) in [5.74, 6) is 0.840. The first-order chi connectivity index (χ1) is 9.15. The van der Waals surface area contributed by atoms with Gasteiger partial charge in [-0.2, -0.15) is 0 Å². The van der Waals surface area contributed by atoms with E-state index in [2.05, 4.69) is 10.3 Å². The van der Waals surface area contributed by atoms with Crippen molar-refractivity contribution in [1.29, 1.82) is 0 Å². The third kappa shape index (κ3) is 3.77. The lowest BCUT2D eigenvalue weighted by Gasteiger charge is -2.05. The average molecular weight is 257 g/mol. The van der Waals surface area contributed by atoms with Crippen molar-refractivity contribution in [3.63, 3.8) is 0 Å². The maximum atomic E-state index is 10.5. The van der Waals surface area contributed by atoms with Crippen LogP contribution in [0.5, 0.6) is 0 Å². The van der Waals surface area contributed by atoms with Crippen LogP contribution in [0.3, 0.4) is 0 Å². The first-order valence-electron chi connectivity index (χ1n) is 6.05. The van der Waals surface area contributed by atoms with E-state index in [1.165, 1.54) is 12.1 Å². The standard InChI is InChI=1S/C14H15N3O2/c1-11-2-7-14(16-10-11)15-9-8-12-3-5-13(6-4-12)17(18)19/h2-7,10H,8-9H2,1H3,(H,15,16). The number of anilines is 1. The summed E-state index contributed by atoms with van der Waals surface area (Å²) in [5.41, 5.74) is 2.31. The van der Waals surface area contributed by atoms with Gasteiger partial charge >= 0.3 is 0 Å². The minimum atomic E-state index is -0.391. The second-order valence-corrected chi connectivity index (χ2v) is 4.32. The van der Waals surface area contributed by atoms with E-state index in [-0.39, 0.29) is 5.69 Å². The van der Waals surface area contributed by atoms with Crippen LogP contribution in [0.25, 0.3) is 0 Å². The van der Waals surface area contributed by atoms with Gasteiger partial charge in [0.15, 0.2) is 0 Å². The number of nitro benzene ring substituents is 1. The van der Waals surface area contributed by atoms with E-state index in [1.54, 1.807) is 12.1 Å². The normalized spacial score (nSPS) is 10.2. The highest BCUT2D eigenvalue weighted by molar-refractivity contribution is 5.36. The zero-order valence-electron chi connectivity index (χ0n) is 10.7. The Labute approximate surface area is 111 Å². The van der Waals surface area contributed by atoms with Gasteiger partial charge < -0.3 is 5.32 Å². The third-order valence-corrected chi connectivity index (χ3v) is 2.78. The number of aryl methyl sites for hydroxylation is 1. The van der Waals surface area contributed by atoms with E-state index in [1.807, 2.05) is 25.3 Å². The monoisotopic (exact) mass is 257 g/mol. The van der Waals surface area contributed by atoms with E-state index in [0.717, 1.165) is 29.9 Å². The van der Waals surface area contributed by atoms with E-state index >= 15 is 0 Å². The lowest BCUT2D eigenvalue weighted by atomic mass is 10.1. The van der Waals surface area contributed by atoms with Crippen LogP contribution < -0.4 is 5.32 Å².